The monoisotopic (exact) mass is 365 g/mol. The fourth-order valence-corrected chi connectivity index (χ4v) is 3.49. The number of rotatable bonds is 2. The van der Waals surface area contributed by atoms with Gasteiger partial charge in [-0.25, -0.2) is 19.5 Å². The zero-order valence-electron chi connectivity index (χ0n) is 16.8. The van der Waals surface area contributed by atoms with E-state index in [2.05, 4.69) is 51.6 Å². The normalized spacial score (nSPS) is 15.6. The number of hydrogen-bond acceptors (Lipinski definition) is 6. The molecule has 1 saturated heterocycles. The van der Waals surface area contributed by atoms with E-state index < -0.39 is 0 Å². The molecule has 0 unspecified atom stereocenters. The highest BCUT2D eigenvalue weighted by atomic mass is 15.3. The van der Waals surface area contributed by atoms with Crippen LogP contribution in [0.2, 0.25) is 0 Å². The summed E-state index contributed by atoms with van der Waals surface area (Å²) in [6.45, 7) is 14.1. The third-order valence-electron chi connectivity index (χ3n) is 4.97. The van der Waals surface area contributed by atoms with Crippen molar-refractivity contribution < 1.29 is 0 Å². The smallest absolute Gasteiger partial charge is 0.225 e. The van der Waals surface area contributed by atoms with Gasteiger partial charge in [-0.15, -0.1) is 0 Å². The van der Waals surface area contributed by atoms with Crippen molar-refractivity contribution in [3.63, 3.8) is 0 Å². The number of anilines is 2. The number of fused-ring (bicyclic) bond motifs is 1. The zero-order chi connectivity index (χ0) is 19.2. The van der Waals surface area contributed by atoms with Gasteiger partial charge in [-0.1, -0.05) is 20.8 Å². The lowest BCUT2D eigenvalue weighted by molar-refractivity contribution is 0.562. The van der Waals surface area contributed by atoms with E-state index in [-0.39, 0.29) is 5.41 Å². The fraction of sp³-hybridized carbons (Fsp3) is 0.500. The van der Waals surface area contributed by atoms with Gasteiger partial charge in [-0.3, -0.25) is 0 Å². The first-order chi connectivity index (χ1) is 12.8. The molecule has 7 heteroatoms. The van der Waals surface area contributed by atoms with Gasteiger partial charge in [0.25, 0.3) is 0 Å². The summed E-state index contributed by atoms with van der Waals surface area (Å²) in [6.07, 6.45) is 3.76. The van der Waals surface area contributed by atoms with Gasteiger partial charge >= 0.3 is 0 Å². The molecule has 0 bridgehead atoms. The van der Waals surface area contributed by atoms with Gasteiger partial charge in [0, 0.05) is 55.4 Å². The van der Waals surface area contributed by atoms with E-state index in [0.29, 0.717) is 0 Å². The van der Waals surface area contributed by atoms with E-state index in [1.54, 1.807) is 0 Å². The quantitative estimate of drug-likeness (QED) is 0.696. The second-order valence-corrected chi connectivity index (χ2v) is 8.29. The molecule has 0 radical (unpaired) electrons. The summed E-state index contributed by atoms with van der Waals surface area (Å²) in [5, 5.41) is 4.74. The SMILES string of the molecule is Cc1cc(C)nc(N2CCN(c3nccn4nc(C(C)(C)C)cc34)CC2)n1. The van der Waals surface area contributed by atoms with Crippen LogP contribution in [0.25, 0.3) is 5.52 Å². The Morgan fingerprint density at radius 3 is 2.15 bits per heavy atom. The predicted molar refractivity (Wildman–Crippen MR) is 108 cm³/mol. The van der Waals surface area contributed by atoms with Crippen molar-refractivity contribution >= 4 is 17.3 Å². The van der Waals surface area contributed by atoms with Crippen LogP contribution in [0.3, 0.4) is 0 Å². The summed E-state index contributed by atoms with van der Waals surface area (Å²) in [5.74, 6) is 1.83. The first-order valence-corrected chi connectivity index (χ1v) is 9.48. The first-order valence-electron chi connectivity index (χ1n) is 9.48. The van der Waals surface area contributed by atoms with E-state index in [9.17, 15) is 0 Å². The minimum atomic E-state index is 0.0162. The van der Waals surface area contributed by atoms with Crippen LogP contribution in [-0.4, -0.2) is 50.7 Å². The Morgan fingerprint density at radius 1 is 0.889 bits per heavy atom. The Kier molecular flexibility index (Phi) is 4.25. The summed E-state index contributed by atoms with van der Waals surface area (Å²) in [7, 11) is 0. The van der Waals surface area contributed by atoms with Crippen molar-refractivity contribution in [2.75, 3.05) is 36.0 Å². The van der Waals surface area contributed by atoms with Crippen LogP contribution in [0.4, 0.5) is 11.8 Å². The average Bonchev–Trinajstić information content (AvgIpc) is 3.06. The van der Waals surface area contributed by atoms with Crippen molar-refractivity contribution in [1.82, 2.24) is 24.6 Å². The Morgan fingerprint density at radius 2 is 1.52 bits per heavy atom. The molecule has 3 aromatic heterocycles. The maximum Gasteiger partial charge on any atom is 0.225 e. The second kappa shape index (κ2) is 6.48. The third kappa shape index (κ3) is 3.46. The van der Waals surface area contributed by atoms with Crippen molar-refractivity contribution in [2.24, 2.45) is 0 Å². The molecule has 0 aromatic carbocycles. The highest BCUT2D eigenvalue weighted by Crippen LogP contribution is 2.27. The number of piperazine rings is 1. The molecule has 0 atom stereocenters. The van der Waals surface area contributed by atoms with Gasteiger partial charge in [-0.05, 0) is 26.0 Å². The van der Waals surface area contributed by atoms with Crippen LogP contribution in [0, 0.1) is 13.8 Å². The van der Waals surface area contributed by atoms with E-state index in [1.165, 1.54) is 0 Å². The van der Waals surface area contributed by atoms with Crippen LogP contribution in [0.5, 0.6) is 0 Å². The maximum absolute atomic E-state index is 4.74. The van der Waals surface area contributed by atoms with E-state index >= 15 is 0 Å². The summed E-state index contributed by atoms with van der Waals surface area (Å²) in [4.78, 5) is 18.5. The van der Waals surface area contributed by atoms with Crippen molar-refractivity contribution in [1.29, 1.82) is 0 Å². The fourth-order valence-electron chi connectivity index (χ4n) is 3.49. The number of aromatic nitrogens is 5. The van der Waals surface area contributed by atoms with Crippen molar-refractivity contribution in [3.05, 3.63) is 41.6 Å². The highest BCUT2D eigenvalue weighted by molar-refractivity contribution is 5.70. The molecule has 142 valence electrons. The van der Waals surface area contributed by atoms with Crippen LogP contribution in [0.1, 0.15) is 37.9 Å². The average molecular weight is 365 g/mol. The summed E-state index contributed by atoms with van der Waals surface area (Å²) in [5.41, 5.74) is 4.20. The van der Waals surface area contributed by atoms with E-state index in [4.69, 9.17) is 5.10 Å². The topological polar surface area (TPSA) is 62.5 Å². The minimum Gasteiger partial charge on any atom is -0.351 e. The van der Waals surface area contributed by atoms with Crippen LogP contribution in [0.15, 0.2) is 24.5 Å². The van der Waals surface area contributed by atoms with Gasteiger partial charge in [0.2, 0.25) is 5.95 Å². The van der Waals surface area contributed by atoms with Crippen LogP contribution in [-0.2, 0) is 5.41 Å². The molecule has 0 saturated carbocycles. The molecule has 3 aromatic rings. The molecule has 0 aliphatic carbocycles. The molecule has 27 heavy (non-hydrogen) atoms. The molecule has 0 spiro atoms. The Hall–Kier alpha value is -2.70. The highest BCUT2D eigenvalue weighted by Gasteiger charge is 2.24. The molecule has 7 nitrogen and oxygen atoms in total. The van der Waals surface area contributed by atoms with Gasteiger partial charge in [0.1, 0.15) is 5.52 Å². The Bertz CT molecular complexity index is 942. The van der Waals surface area contributed by atoms with Crippen molar-refractivity contribution in [3.8, 4) is 0 Å². The summed E-state index contributed by atoms with van der Waals surface area (Å²) in [6, 6.07) is 4.18. The number of hydrogen-bond donors (Lipinski definition) is 0. The second-order valence-electron chi connectivity index (χ2n) is 8.29. The van der Waals surface area contributed by atoms with Crippen molar-refractivity contribution in [2.45, 2.75) is 40.0 Å². The molecule has 1 aliphatic rings. The molecule has 1 fully saturated rings. The standard InChI is InChI=1S/C20H27N7/c1-14-12-15(2)23-19(22-14)26-10-8-25(9-11-26)18-16-13-17(20(3,4)5)24-27(16)7-6-21-18/h6-7,12-13H,8-11H2,1-5H3. The molecule has 4 heterocycles. The zero-order valence-corrected chi connectivity index (χ0v) is 16.8. The lowest BCUT2D eigenvalue weighted by Crippen LogP contribution is -2.47. The Labute approximate surface area is 160 Å². The van der Waals surface area contributed by atoms with Crippen LogP contribution >= 0.6 is 0 Å². The molecule has 1 aliphatic heterocycles. The molecular formula is C20H27N7. The lowest BCUT2D eigenvalue weighted by Gasteiger charge is -2.35. The van der Waals surface area contributed by atoms with E-state index in [0.717, 1.165) is 60.5 Å². The van der Waals surface area contributed by atoms with E-state index in [1.807, 2.05) is 36.8 Å². The van der Waals surface area contributed by atoms with Gasteiger partial charge in [0.05, 0.1) is 5.69 Å². The van der Waals surface area contributed by atoms with Gasteiger partial charge < -0.3 is 9.80 Å². The number of nitrogens with zero attached hydrogens (tertiary/aromatic N) is 7. The number of aryl methyl sites for hydroxylation is 2. The predicted octanol–water partition coefficient (Wildman–Crippen LogP) is 2.76. The molecule has 0 N–H and O–H groups in total. The minimum absolute atomic E-state index is 0.0162. The van der Waals surface area contributed by atoms with Gasteiger partial charge in [-0.2, -0.15) is 5.10 Å². The third-order valence-corrected chi connectivity index (χ3v) is 4.97. The summed E-state index contributed by atoms with van der Waals surface area (Å²) >= 11 is 0. The Balaban J connectivity index is 1.57. The largest absolute Gasteiger partial charge is 0.351 e. The van der Waals surface area contributed by atoms with Crippen LogP contribution < -0.4 is 9.80 Å². The molecule has 4 rings (SSSR count). The first kappa shape index (κ1) is 17.7. The lowest BCUT2D eigenvalue weighted by atomic mass is 9.92. The summed E-state index contributed by atoms with van der Waals surface area (Å²) < 4.78 is 1.95. The molecular weight excluding hydrogens is 338 g/mol. The molecule has 0 amide bonds. The maximum atomic E-state index is 4.74. The van der Waals surface area contributed by atoms with Gasteiger partial charge in [0.15, 0.2) is 5.82 Å².